The molecule has 1 atom stereocenters. The maximum absolute atomic E-state index is 13.1. The molecule has 112 valence electrons. The molecule has 0 spiro atoms. The van der Waals surface area contributed by atoms with Crippen molar-refractivity contribution in [1.29, 1.82) is 0 Å². The Morgan fingerprint density at radius 1 is 1.19 bits per heavy atom. The molecule has 7 heteroatoms. The van der Waals surface area contributed by atoms with Gasteiger partial charge in [-0.15, -0.1) is 0 Å². The van der Waals surface area contributed by atoms with Gasteiger partial charge in [0.2, 0.25) is 5.88 Å². The molecule has 0 aliphatic heterocycles. The highest BCUT2D eigenvalue weighted by Gasteiger charge is 2.36. The Balaban J connectivity index is 2.58. The van der Waals surface area contributed by atoms with Crippen molar-refractivity contribution in [3.63, 3.8) is 0 Å². The predicted molar refractivity (Wildman–Crippen MR) is 70.9 cm³/mol. The summed E-state index contributed by atoms with van der Waals surface area (Å²) in [6.07, 6.45) is -0.609. The second kappa shape index (κ2) is 6.09. The van der Waals surface area contributed by atoms with Crippen LogP contribution in [0.25, 0.3) is 0 Å². The normalized spacial score (nSPS) is 13.0. The van der Waals surface area contributed by atoms with Crippen molar-refractivity contribution in [2.75, 3.05) is 14.2 Å². The highest BCUT2D eigenvalue weighted by molar-refractivity contribution is 5.40. The van der Waals surface area contributed by atoms with Crippen molar-refractivity contribution in [3.05, 3.63) is 53.5 Å². The first kappa shape index (κ1) is 15.2. The average molecular weight is 297 g/mol. The summed E-state index contributed by atoms with van der Waals surface area (Å²) in [7, 11) is 3.00. The quantitative estimate of drug-likeness (QED) is 0.942. The van der Waals surface area contributed by atoms with Gasteiger partial charge in [-0.25, -0.2) is 4.98 Å². The number of alkyl halides is 3. The number of rotatable bonds is 4. The first-order valence-electron chi connectivity index (χ1n) is 6.16. The lowest BCUT2D eigenvalue weighted by atomic mass is 9.96. The fraction of sp³-hybridized carbons (Fsp3) is 0.286. The van der Waals surface area contributed by atoms with Crippen LogP contribution in [0.5, 0.6) is 5.88 Å². The smallest absolute Gasteiger partial charge is 0.416 e. The monoisotopic (exact) mass is 297 g/mol. The lowest BCUT2D eigenvalue weighted by Gasteiger charge is -2.22. The highest BCUT2D eigenvalue weighted by atomic mass is 19.4. The van der Waals surface area contributed by atoms with Crippen molar-refractivity contribution in [2.45, 2.75) is 12.2 Å². The summed E-state index contributed by atoms with van der Waals surface area (Å²) in [4.78, 5) is 7.83. The Labute approximate surface area is 120 Å². The minimum atomic E-state index is -4.46. The van der Waals surface area contributed by atoms with Gasteiger partial charge in [-0.05, 0) is 19.2 Å². The fourth-order valence-corrected chi connectivity index (χ4v) is 2.17. The summed E-state index contributed by atoms with van der Waals surface area (Å²) in [5.41, 5.74) is -0.192. The summed E-state index contributed by atoms with van der Waals surface area (Å²) < 4.78 is 44.5. The lowest BCUT2D eigenvalue weighted by Crippen LogP contribution is -2.23. The third-order valence-electron chi connectivity index (χ3n) is 3.06. The molecule has 1 N–H and O–H groups in total. The largest absolute Gasteiger partial charge is 0.481 e. The van der Waals surface area contributed by atoms with Gasteiger partial charge >= 0.3 is 6.18 Å². The van der Waals surface area contributed by atoms with Crippen molar-refractivity contribution >= 4 is 0 Å². The first-order valence-corrected chi connectivity index (χ1v) is 6.16. The van der Waals surface area contributed by atoms with E-state index in [1.165, 1.54) is 19.5 Å². The van der Waals surface area contributed by atoms with E-state index in [1.54, 1.807) is 19.2 Å². The number of halogens is 3. The Kier molecular flexibility index (Phi) is 4.42. The molecule has 0 radical (unpaired) electrons. The first-order chi connectivity index (χ1) is 9.99. The molecule has 21 heavy (non-hydrogen) atoms. The Morgan fingerprint density at radius 2 is 1.95 bits per heavy atom. The van der Waals surface area contributed by atoms with Gasteiger partial charge in [-0.2, -0.15) is 13.2 Å². The lowest BCUT2D eigenvalue weighted by molar-refractivity contribution is -0.138. The topological polar surface area (TPSA) is 47.0 Å². The van der Waals surface area contributed by atoms with Gasteiger partial charge in [0.15, 0.2) is 0 Å². The van der Waals surface area contributed by atoms with E-state index in [1.807, 2.05) is 0 Å². The number of aromatic nitrogens is 2. The van der Waals surface area contributed by atoms with Gasteiger partial charge in [-0.3, -0.25) is 4.98 Å². The number of nitrogens with zero attached hydrogens (tertiary/aromatic N) is 2. The van der Waals surface area contributed by atoms with E-state index >= 15 is 0 Å². The molecule has 4 nitrogen and oxygen atoms in total. The van der Waals surface area contributed by atoms with E-state index in [0.29, 0.717) is 5.56 Å². The molecule has 2 aromatic rings. The van der Waals surface area contributed by atoms with Crippen LogP contribution in [-0.4, -0.2) is 24.1 Å². The molecule has 2 heterocycles. The molecule has 0 aliphatic rings. The van der Waals surface area contributed by atoms with Crippen LogP contribution in [0.15, 0.2) is 36.8 Å². The van der Waals surface area contributed by atoms with Crippen LogP contribution in [-0.2, 0) is 6.18 Å². The molecule has 0 aromatic carbocycles. The zero-order valence-corrected chi connectivity index (χ0v) is 11.5. The minimum Gasteiger partial charge on any atom is -0.481 e. The predicted octanol–water partition coefficient (Wildman–Crippen LogP) is 2.81. The van der Waals surface area contributed by atoms with Crippen molar-refractivity contribution < 1.29 is 17.9 Å². The van der Waals surface area contributed by atoms with Gasteiger partial charge in [0.25, 0.3) is 0 Å². The van der Waals surface area contributed by atoms with Gasteiger partial charge in [-0.1, -0.05) is 6.07 Å². The maximum atomic E-state index is 13.1. The van der Waals surface area contributed by atoms with Crippen molar-refractivity contribution in [2.24, 2.45) is 0 Å². The number of ether oxygens (including phenoxy) is 1. The van der Waals surface area contributed by atoms with Gasteiger partial charge < -0.3 is 10.1 Å². The number of hydrogen-bond acceptors (Lipinski definition) is 4. The van der Waals surface area contributed by atoms with Crippen molar-refractivity contribution in [3.8, 4) is 5.88 Å². The van der Waals surface area contributed by atoms with Crippen LogP contribution in [0.4, 0.5) is 13.2 Å². The zero-order valence-electron chi connectivity index (χ0n) is 11.5. The van der Waals surface area contributed by atoms with Crippen LogP contribution < -0.4 is 10.1 Å². The van der Waals surface area contributed by atoms with Gasteiger partial charge in [0.1, 0.15) is 0 Å². The Morgan fingerprint density at radius 3 is 2.57 bits per heavy atom. The highest BCUT2D eigenvalue weighted by Crippen LogP contribution is 2.37. The van der Waals surface area contributed by atoms with E-state index in [0.717, 1.165) is 12.3 Å². The molecular weight excluding hydrogens is 283 g/mol. The summed E-state index contributed by atoms with van der Waals surface area (Å²) in [5, 5.41) is 2.86. The number of methoxy groups -OCH3 is 1. The average Bonchev–Trinajstić information content (AvgIpc) is 2.48. The summed E-state index contributed by atoms with van der Waals surface area (Å²) >= 11 is 0. The molecule has 0 fully saturated rings. The number of nitrogens with one attached hydrogen (secondary N) is 1. The second-order valence-electron chi connectivity index (χ2n) is 4.28. The van der Waals surface area contributed by atoms with E-state index in [9.17, 15) is 13.2 Å². The van der Waals surface area contributed by atoms with Crippen LogP contribution in [0.3, 0.4) is 0 Å². The molecule has 0 aliphatic carbocycles. The van der Waals surface area contributed by atoms with Crippen molar-refractivity contribution in [1.82, 2.24) is 15.3 Å². The second-order valence-corrected chi connectivity index (χ2v) is 4.28. The fourth-order valence-electron chi connectivity index (χ4n) is 2.17. The van der Waals surface area contributed by atoms with E-state index in [4.69, 9.17) is 4.74 Å². The van der Waals surface area contributed by atoms with E-state index in [2.05, 4.69) is 15.3 Å². The molecule has 0 bridgehead atoms. The molecule has 2 rings (SSSR count). The van der Waals surface area contributed by atoms with Gasteiger partial charge in [0, 0.05) is 29.7 Å². The minimum absolute atomic E-state index is 0.0267. The molecule has 0 saturated heterocycles. The van der Waals surface area contributed by atoms with Crippen LogP contribution in [0.2, 0.25) is 0 Å². The summed E-state index contributed by atoms with van der Waals surface area (Å²) in [6.45, 7) is 0. The number of pyridine rings is 2. The summed E-state index contributed by atoms with van der Waals surface area (Å²) in [6, 6.07) is 3.55. The standard InChI is InChI=1S/C14H14F3N3O/c1-18-12(9-4-3-6-20-13(9)21-2)10-8-19-7-5-11(10)14(15,16)17/h3-8,12,18H,1-2H3. The van der Waals surface area contributed by atoms with E-state index < -0.39 is 17.8 Å². The molecule has 0 saturated carbocycles. The third kappa shape index (κ3) is 3.13. The molecule has 1 unspecified atom stereocenters. The third-order valence-corrected chi connectivity index (χ3v) is 3.06. The molecule has 0 amide bonds. The van der Waals surface area contributed by atoms with Crippen LogP contribution >= 0.6 is 0 Å². The SMILES string of the molecule is CNC(c1cnccc1C(F)(F)F)c1cccnc1OC. The van der Waals surface area contributed by atoms with E-state index in [-0.39, 0.29) is 11.4 Å². The molecule has 2 aromatic heterocycles. The number of hydrogen-bond donors (Lipinski definition) is 1. The maximum Gasteiger partial charge on any atom is 0.416 e. The Hall–Kier alpha value is -2.15. The summed E-state index contributed by atoms with van der Waals surface area (Å²) in [5.74, 6) is 0.272. The van der Waals surface area contributed by atoms with Crippen LogP contribution in [0, 0.1) is 0 Å². The zero-order chi connectivity index (χ0) is 15.5. The Bertz CT molecular complexity index is 616. The molecular formula is C14H14F3N3O. The van der Waals surface area contributed by atoms with Crippen LogP contribution in [0.1, 0.15) is 22.7 Å². The van der Waals surface area contributed by atoms with Gasteiger partial charge in [0.05, 0.1) is 18.7 Å².